The van der Waals surface area contributed by atoms with E-state index in [1.807, 2.05) is 61.5 Å². The SMILES string of the molecule is Cc1ccc(NC(=O)NC(Cc2ccccc2)C(=O)NCCN2CCCC2)cc1. The van der Waals surface area contributed by atoms with Gasteiger partial charge in [-0.3, -0.25) is 4.79 Å². The molecule has 0 aromatic heterocycles. The van der Waals surface area contributed by atoms with E-state index in [1.165, 1.54) is 12.8 Å². The molecule has 29 heavy (non-hydrogen) atoms. The van der Waals surface area contributed by atoms with Crippen LogP contribution in [0, 0.1) is 6.92 Å². The van der Waals surface area contributed by atoms with Crippen molar-refractivity contribution in [3.8, 4) is 0 Å². The van der Waals surface area contributed by atoms with Gasteiger partial charge in [-0.2, -0.15) is 0 Å². The van der Waals surface area contributed by atoms with E-state index in [-0.39, 0.29) is 11.9 Å². The molecule has 0 bridgehead atoms. The van der Waals surface area contributed by atoms with Crippen LogP contribution >= 0.6 is 0 Å². The van der Waals surface area contributed by atoms with E-state index in [0.717, 1.165) is 30.8 Å². The highest BCUT2D eigenvalue weighted by molar-refractivity contribution is 5.93. The minimum atomic E-state index is -0.638. The lowest BCUT2D eigenvalue weighted by molar-refractivity contribution is -0.122. The second kappa shape index (κ2) is 10.6. The van der Waals surface area contributed by atoms with Crippen molar-refractivity contribution in [2.24, 2.45) is 0 Å². The molecule has 154 valence electrons. The number of urea groups is 1. The van der Waals surface area contributed by atoms with Crippen LogP contribution in [0.15, 0.2) is 54.6 Å². The number of carbonyl (C=O) groups is 2. The lowest BCUT2D eigenvalue weighted by Gasteiger charge is -2.20. The number of nitrogens with one attached hydrogen (secondary N) is 3. The topological polar surface area (TPSA) is 73.5 Å². The van der Waals surface area contributed by atoms with Gasteiger partial charge in [-0.05, 0) is 50.6 Å². The molecular weight excluding hydrogens is 364 g/mol. The number of carbonyl (C=O) groups excluding carboxylic acids is 2. The first kappa shape index (κ1) is 20.9. The average Bonchev–Trinajstić information content (AvgIpc) is 3.23. The van der Waals surface area contributed by atoms with E-state index in [1.54, 1.807) is 0 Å². The van der Waals surface area contributed by atoms with Crippen molar-refractivity contribution in [1.82, 2.24) is 15.5 Å². The Labute approximate surface area is 172 Å². The molecular formula is C23H30N4O2. The Morgan fingerprint density at radius 1 is 1.00 bits per heavy atom. The van der Waals surface area contributed by atoms with Crippen LogP contribution in [-0.4, -0.2) is 49.1 Å². The van der Waals surface area contributed by atoms with Crippen molar-refractivity contribution in [3.05, 3.63) is 65.7 Å². The number of anilines is 1. The Bertz CT molecular complexity index is 786. The predicted molar refractivity (Wildman–Crippen MR) is 116 cm³/mol. The van der Waals surface area contributed by atoms with Gasteiger partial charge >= 0.3 is 6.03 Å². The van der Waals surface area contributed by atoms with Gasteiger partial charge in [0.25, 0.3) is 0 Å². The monoisotopic (exact) mass is 394 g/mol. The van der Waals surface area contributed by atoms with Crippen molar-refractivity contribution in [2.45, 2.75) is 32.2 Å². The maximum absolute atomic E-state index is 12.8. The van der Waals surface area contributed by atoms with Gasteiger partial charge in [-0.25, -0.2) is 4.79 Å². The maximum Gasteiger partial charge on any atom is 0.319 e. The van der Waals surface area contributed by atoms with Gasteiger partial charge in [0.15, 0.2) is 0 Å². The summed E-state index contributed by atoms with van der Waals surface area (Å²) >= 11 is 0. The van der Waals surface area contributed by atoms with E-state index in [4.69, 9.17) is 0 Å². The zero-order chi connectivity index (χ0) is 20.5. The van der Waals surface area contributed by atoms with Gasteiger partial charge in [0.2, 0.25) is 5.91 Å². The molecule has 6 heteroatoms. The number of rotatable bonds is 8. The molecule has 1 unspecified atom stereocenters. The van der Waals surface area contributed by atoms with Crippen LogP contribution < -0.4 is 16.0 Å². The van der Waals surface area contributed by atoms with Crippen molar-refractivity contribution in [3.63, 3.8) is 0 Å². The van der Waals surface area contributed by atoms with E-state index in [2.05, 4.69) is 20.9 Å². The quantitative estimate of drug-likeness (QED) is 0.645. The summed E-state index contributed by atoms with van der Waals surface area (Å²) in [4.78, 5) is 27.6. The van der Waals surface area contributed by atoms with Crippen LogP contribution in [0.3, 0.4) is 0 Å². The Kier molecular flexibility index (Phi) is 7.64. The normalized spacial score (nSPS) is 14.9. The fourth-order valence-corrected chi connectivity index (χ4v) is 3.49. The summed E-state index contributed by atoms with van der Waals surface area (Å²) in [5, 5.41) is 8.62. The molecule has 3 N–H and O–H groups in total. The fourth-order valence-electron chi connectivity index (χ4n) is 3.49. The first-order valence-electron chi connectivity index (χ1n) is 10.3. The van der Waals surface area contributed by atoms with Gasteiger partial charge in [-0.15, -0.1) is 0 Å². The molecule has 1 aliphatic heterocycles. The molecule has 0 spiro atoms. The van der Waals surface area contributed by atoms with Crippen LogP contribution in [0.4, 0.5) is 10.5 Å². The van der Waals surface area contributed by atoms with Crippen molar-refractivity contribution in [1.29, 1.82) is 0 Å². The molecule has 1 heterocycles. The van der Waals surface area contributed by atoms with Gasteiger partial charge in [-0.1, -0.05) is 48.0 Å². The Morgan fingerprint density at radius 3 is 2.38 bits per heavy atom. The molecule has 1 saturated heterocycles. The number of amides is 3. The molecule has 1 fully saturated rings. The molecule has 3 rings (SSSR count). The summed E-state index contributed by atoms with van der Waals surface area (Å²) in [5.74, 6) is -0.160. The van der Waals surface area contributed by atoms with E-state index in [9.17, 15) is 9.59 Å². The van der Waals surface area contributed by atoms with E-state index >= 15 is 0 Å². The molecule has 3 amide bonds. The van der Waals surface area contributed by atoms with Crippen LogP contribution in [0.5, 0.6) is 0 Å². The summed E-state index contributed by atoms with van der Waals surface area (Å²) < 4.78 is 0. The van der Waals surface area contributed by atoms with Crippen LogP contribution in [0.25, 0.3) is 0 Å². The number of benzene rings is 2. The molecule has 0 aliphatic carbocycles. The number of nitrogens with zero attached hydrogens (tertiary/aromatic N) is 1. The second-order valence-electron chi connectivity index (χ2n) is 7.55. The minimum Gasteiger partial charge on any atom is -0.353 e. The predicted octanol–water partition coefficient (Wildman–Crippen LogP) is 2.94. The third-order valence-corrected chi connectivity index (χ3v) is 5.14. The average molecular weight is 395 g/mol. The highest BCUT2D eigenvalue weighted by atomic mass is 16.2. The highest BCUT2D eigenvalue weighted by Crippen LogP contribution is 2.09. The molecule has 0 radical (unpaired) electrons. The van der Waals surface area contributed by atoms with Gasteiger partial charge in [0, 0.05) is 25.2 Å². The summed E-state index contributed by atoms with van der Waals surface area (Å²) in [6.45, 7) is 5.62. The lowest BCUT2D eigenvalue weighted by atomic mass is 10.1. The molecule has 2 aromatic rings. The third-order valence-electron chi connectivity index (χ3n) is 5.14. The molecule has 1 atom stereocenters. The molecule has 2 aromatic carbocycles. The Balaban J connectivity index is 1.57. The van der Waals surface area contributed by atoms with Crippen molar-refractivity contribution in [2.75, 3.05) is 31.5 Å². The first-order chi connectivity index (χ1) is 14.1. The van der Waals surface area contributed by atoms with Crippen LogP contribution in [0.1, 0.15) is 24.0 Å². The second-order valence-corrected chi connectivity index (χ2v) is 7.55. The van der Waals surface area contributed by atoms with Crippen LogP contribution in [-0.2, 0) is 11.2 Å². The zero-order valence-corrected chi connectivity index (χ0v) is 17.0. The standard InChI is InChI=1S/C23H30N4O2/c1-18-9-11-20(12-10-18)25-23(29)26-21(17-19-7-3-2-4-8-19)22(28)24-13-16-27-14-5-6-15-27/h2-4,7-12,21H,5-6,13-17H2,1H3,(H,24,28)(H2,25,26,29). The zero-order valence-electron chi connectivity index (χ0n) is 17.0. The number of hydrogen-bond donors (Lipinski definition) is 3. The Hall–Kier alpha value is -2.86. The lowest BCUT2D eigenvalue weighted by Crippen LogP contribution is -2.50. The molecule has 6 nitrogen and oxygen atoms in total. The minimum absolute atomic E-state index is 0.160. The smallest absolute Gasteiger partial charge is 0.319 e. The maximum atomic E-state index is 12.8. The number of aryl methyl sites for hydroxylation is 1. The van der Waals surface area contributed by atoms with Crippen molar-refractivity contribution >= 4 is 17.6 Å². The van der Waals surface area contributed by atoms with Gasteiger partial charge in [0.1, 0.15) is 6.04 Å². The number of likely N-dealkylation sites (tertiary alicyclic amines) is 1. The summed E-state index contributed by atoms with van der Waals surface area (Å²) in [7, 11) is 0. The van der Waals surface area contributed by atoms with Gasteiger partial charge < -0.3 is 20.9 Å². The van der Waals surface area contributed by atoms with E-state index in [0.29, 0.717) is 18.7 Å². The Morgan fingerprint density at radius 2 is 1.69 bits per heavy atom. The molecule has 0 saturated carbocycles. The fraction of sp³-hybridized carbons (Fsp3) is 0.391. The summed E-state index contributed by atoms with van der Waals surface area (Å²) in [6, 6.07) is 16.3. The van der Waals surface area contributed by atoms with Crippen molar-refractivity contribution < 1.29 is 9.59 Å². The summed E-state index contributed by atoms with van der Waals surface area (Å²) in [5.41, 5.74) is 2.82. The van der Waals surface area contributed by atoms with Crippen LogP contribution in [0.2, 0.25) is 0 Å². The summed E-state index contributed by atoms with van der Waals surface area (Å²) in [6.07, 6.45) is 2.90. The first-order valence-corrected chi connectivity index (χ1v) is 10.3. The number of hydrogen-bond acceptors (Lipinski definition) is 3. The third kappa shape index (κ3) is 6.91. The molecule has 1 aliphatic rings. The van der Waals surface area contributed by atoms with E-state index < -0.39 is 6.04 Å². The largest absolute Gasteiger partial charge is 0.353 e. The highest BCUT2D eigenvalue weighted by Gasteiger charge is 2.21. The van der Waals surface area contributed by atoms with Gasteiger partial charge in [0.05, 0.1) is 0 Å².